The summed E-state index contributed by atoms with van der Waals surface area (Å²) >= 11 is 7.16. The second-order valence-corrected chi connectivity index (χ2v) is 7.17. The van der Waals surface area contributed by atoms with Gasteiger partial charge in [-0.25, -0.2) is 0 Å². The van der Waals surface area contributed by atoms with E-state index in [4.69, 9.17) is 17.3 Å². The van der Waals surface area contributed by atoms with Gasteiger partial charge in [0, 0.05) is 11.4 Å². The van der Waals surface area contributed by atoms with E-state index in [9.17, 15) is 4.79 Å². The Balaban J connectivity index is 2.32. The van der Waals surface area contributed by atoms with Gasteiger partial charge in [0.15, 0.2) is 0 Å². The van der Waals surface area contributed by atoms with Crippen LogP contribution in [0.3, 0.4) is 0 Å². The van der Waals surface area contributed by atoms with Gasteiger partial charge in [-0.1, -0.05) is 42.3 Å². The lowest BCUT2D eigenvalue weighted by Crippen LogP contribution is -2.22. The second kappa shape index (κ2) is 9.93. The van der Waals surface area contributed by atoms with Crippen molar-refractivity contribution >= 4 is 29.5 Å². The highest BCUT2D eigenvalue weighted by Crippen LogP contribution is 2.23. The van der Waals surface area contributed by atoms with E-state index in [1.54, 1.807) is 6.07 Å². The molecule has 22 heavy (non-hydrogen) atoms. The number of rotatable bonds is 8. The Kier molecular flexibility index (Phi) is 8.61. The van der Waals surface area contributed by atoms with E-state index in [1.165, 1.54) is 17.5 Å². The van der Waals surface area contributed by atoms with E-state index in [-0.39, 0.29) is 11.3 Å². The highest BCUT2D eigenvalue weighted by molar-refractivity contribution is 7.98. The Morgan fingerprint density at radius 1 is 1.45 bits per heavy atom. The van der Waals surface area contributed by atoms with Crippen molar-refractivity contribution in [3.05, 3.63) is 46.5 Å². The van der Waals surface area contributed by atoms with E-state index in [0.717, 1.165) is 18.4 Å². The molecular formula is C17H25ClN2OS. The highest BCUT2D eigenvalue weighted by atomic mass is 35.5. The number of amides is 1. The zero-order valence-corrected chi connectivity index (χ0v) is 15.0. The summed E-state index contributed by atoms with van der Waals surface area (Å²) in [5.74, 6) is 0.380. The molecule has 0 bridgehead atoms. The summed E-state index contributed by atoms with van der Waals surface area (Å²) in [4.78, 5) is 11.9. The molecule has 2 atom stereocenters. The third-order valence-corrected chi connectivity index (χ3v) is 4.33. The zero-order valence-electron chi connectivity index (χ0n) is 13.4. The van der Waals surface area contributed by atoms with E-state index >= 15 is 0 Å². The minimum Gasteiger partial charge on any atom is -0.314 e. The molecule has 0 radical (unpaired) electrons. The molecule has 0 fully saturated rings. The van der Waals surface area contributed by atoms with Gasteiger partial charge in [0.05, 0.1) is 5.37 Å². The van der Waals surface area contributed by atoms with Gasteiger partial charge in [-0.05, 0) is 62.3 Å². The van der Waals surface area contributed by atoms with Crippen LogP contribution in [0.15, 0.2) is 35.9 Å². The van der Waals surface area contributed by atoms with Crippen LogP contribution in [0.25, 0.3) is 0 Å². The summed E-state index contributed by atoms with van der Waals surface area (Å²) < 4.78 is 2.82. The zero-order chi connectivity index (χ0) is 16.5. The molecule has 1 rings (SSSR count). The van der Waals surface area contributed by atoms with Crippen LogP contribution >= 0.6 is 23.5 Å². The Hall–Kier alpha value is -0.970. The number of benzene rings is 1. The second-order valence-electron chi connectivity index (χ2n) is 5.79. The number of halogens is 1. The molecule has 3 N–H and O–H groups in total. The number of allylic oxidation sites excluding steroid dienone is 2. The summed E-state index contributed by atoms with van der Waals surface area (Å²) in [6.07, 6.45) is 4.76. The Morgan fingerprint density at radius 2 is 2.18 bits per heavy atom. The molecule has 0 heterocycles. The summed E-state index contributed by atoms with van der Waals surface area (Å²) in [6, 6.07) is 7.37. The fraction of sp³-hybridized carbons (Fsp3) is 0.471. The minimum absolute atomic E-state index is 0.0205. The first-order valence-corrected chi connectivity index (χ1v) is 8.73. The summed E-state index contributed by atoms with van der Waals surface area (Å²) in [5, 5.41) is 0.330. The van der Waals surface area contributed by atoms with Crippen LogP contribution < -0.4 is 10.5 Å². The molecule has 3 nitrogen and oxygen atoms in total. The topological polar surface area (TPSA) is 55.1 Å². The molecular weight excluding hydrogens is 316 g/mol. The fourth-order valence-electron chi connectivity index (χ4n) is 2.00. The van der Waals surface area contributed by atoms with Crippen LogP contribution in [0.4, 0.5) is 0 Å². The van der Waals surface area contributed by atoms with E-state index in [0.29, 0.717) is 17.4 Å². The smallest absolute Gasteiger partial charge is 0.230 e. The van der Waals surface area contributed by atoms with Gasteiger partial charge >= 0.3 is 0 Å². The van der Waals surface area contributed by atoms with Gasteiger partial charge in [-0.2, -0.15) is 0 Å². The molecule has 2 unspecified atom stereocenters. The van der Waals surface area contributed by atoms with E-state index in [1.807, 2.05) is 18.2 Å². The molecule has 0 aromatic heterocycles. The van der Waals surface area contributed by atoms with Crippen LogP contribution in [0.1, 0.15) is 51.0 Å². The van der Waals surface area contributed by atoms with E-state index in [2.05, 4.69) is 31.6 Å². The molecule has 0 saturated heterocycles. The third-order valence-electron chi connectivity index (χ3n) is 3.22. The van der Waals surface area contributed by atoms with Gasteiger partial charge < -0.3 is 5.73 Å². The quantitative estimate of drug-likeness (QED) is 0.404. The number of nitrogens with two attached hydrogens (primary N) is 1. The number of carbonyl (C=O) groups excluding carboxylic acids is 1. The van der Waals surface area contributed by atoms with Crippen LogP contribution in [-0.2, 0) is 4.79 Å². The molecule has 0 aliphatic heterocycles. The lowest BCUT2D eigenvalue weighted by Gasteiger charge is -2.14. The molecule has 122 valence electrons. The highest BCUT2D eigenvalue weighted by Gasteiger charge is 2.12. The number of hydrogen-bond donors (Lipinski definition) is 2. The summed E-state index contributed by atoms with van der Waals surface area (Å²) in [6.45, 7) is 6.27. The number of carbonyl (C=O) groups is 1. The molecule has 0 saturated carbocycles. The first-order chi connectivity index (χ1) is 10.4. The van der Waals surface area contributed by atoms with Gasteiger partial charge in [0.25, 0.3) is 0 Å². The number of hydrogen-bond acceptors (Lipinski definition) is 3. The molecule has 1 aromatic carbocycles. The Morgan fingerprint density at radius 3 is 2.82 bits per heavy atom. The molecule has 0 aliphatic rings. The SMILES string of the molecule is CC(C)=CCCC(C)CC(=O)NSC(N)c1cccc(Cl)c1. The lowest BCUT2D eigenvalue weighted by atomic mass is 10.0. The van der Waals surface area contributed by atoms with Gasteiger partial charge in [-0.15, -0.1) is 0 Å². The van der Waals surface area contributed by atoms with Crippen molar-refractivity contribution in [2.75, 3.05) is 0 Å². The lowest BCUT2D eigenvalue weighted by molar-refractivity contribution is -0.120. The molecule has 0 spiro atoms. The fourth-order valence-corrected chi connectivity index (χ4v) is 2.82. The molecule has 0 aliphatic carbocycles. The monoisotopic (exact) mass is 340 g/mol. The third kappa shape index (κ3) is 7.87. The predicted octanol–water partition coefficient (Wildman–Crippen LogP) is 4.83. The average molecular weight is 341 g/mol. The van der Waals surface area contributed by atoms with Crippen LogP contribution in [-0.4, -0.2) is 5.91 Å². The molecule has 5 heteroatoms. The van der Waals surface area contributed by atoms with Crippen molar-refractivity contribution in [3.63, 3.8) is 0 Å². The van der Waals surface area contributed by atoms with Gasteiger partial charge in [0.1, 0.15) is 0 Å². The van der Waals surface area contributed by atoms with E-state index < -0.39 is 0 Å². The van der Waals surface area contributed by atoms with Gasteiger partial charge in [-0.3, -0.25) is 9.52 Å². The minimum atomic E-state index is -0.316. The number of nitrogens with one attached hydrogen (secondary N) is 1. The van der Waals surface area contributed by atoms with Crippen LogP contribution in [0, 0.1) is 5.92 Å². The summed E-state index contributed by atoms with van der Waals surface area (Å²) in [7, 11) is 0. The first kappa shape index (κ1) is 19.1. The van der Waals surface area contributed by atoms with Crippen LogP contribution in [0.2, 0.25) is 5.02 Å². The maximum atomic E-state index is 11.9. The Labute approximate surface area is 142 Å². The van der Waals surface area contributed by atoms with Crippen LogP contribution in [0.5, 0.6) is 0 Å². The van der Waals surface area contributed by atoms with Crippen molar-refractivity contribution in [3.8, 4) is 0 Å². The van der Waals surface area contributed by atoms with Crippen molar-refractivity contribution < 1.29 is 4.79 Å². The largest absolute Gasteiger partial charge is 0.314 e. The molecule has 1 aromatic rings. The van der Waals surface area contributed by atoms with Gasteiger partial charge in [0.2, 0.25) is 5.91 Å². The predicted molar refractivity (Wildman–Crippen MR) is 96.6 cm³/mol. The average Bonchev–Trinajstić information content (AvgIpc) is 2.44. The van der Waals surface area contributed by atoms with Crippen molar-refractivity contribution in [1.29, 1.82) is 0 Å². The Bertz CT molecular complexity index is 515. The van der Waals surface area contributed by atoms with Crippen molar-refractivity contribution in [2.45, 2.75) is 45.4 Å². The standard InChI is InChI=1S/C17H25ClN2OS/c1-12(2)6-4-7-13(3)10-16(21)20-22-17(19)14-8-5-9-15(18)11-14/h5-6,8-9,11,13,17H,4,7,10,19H2,1-3H3,(H,20,21). The molecule has 1 amide bonds. The van der Waals surface area contributed by atoms with Crippen molar-refractivity contribution in [2.24, 2.45) is 11.7 Å². The maximum absolute atomic E-state index is 11.9. The van der Waals surface area contributed by atoms with Crippen molar-refractivity contribution in [1.82, 2.24) is 4.72 Å². The first-order valence-electron chi connectivity index (χ1n) is 7.47. The normalized spacial score (nSPS) is 13.3. The maximum Gasteiger partial charge on any atom is 0.230 e. The summed E-state index contributed by atoms with van der Waals surface area (Å²) in [5.41, 5.74) is 8.26.